The predicted molar refractivity (Wildman–Crippen MR) is 92.4 cm³/mol. The Kier molecular flexibility index (Phi) is 5.41. The van der Waals surface area contributed by atoms with Gasteiger partial charge in [-0.25, -0.2) is 13.6 Å². The number of sulfonamides is 1. The van der Waals surface area contributed by atoms with E-state index >= 15 is 0 Å². The molecule has 0 unspecified atom stereocenters. The lowest BCUT2D eigenvalue weighted by Crippen LogP contribution is -2.30. The third-order valence-electron chi connectivity index (χ3n) is 3.43. The van der Waals surface area contributed by atoms with Crippen LogP contribution in [-0.2, 0) is 14.8 Å². The van der Waals surface area contributed by atoms with Gasteiger partial charge >= 0.3 is 0 Å². The van der Waals surface area contributed by atoms with Gasteiger partial charge in [-0.05, 0) is 55.8 Å². The maximum Gasteiger partial charge on any atom is 0.265 e. The molecule has 0 aliphatic heterocycles. The second-order valence-corrected chi connectivity index (χ2v) is 6.94. The van der Waals surface area contributed by atoms with Crippen LogP contribution in [0.15, 0.2) is 47.4 Å². The lowest BCUT2D eigenvalue weighted by Gasteiger charge is -2.15. The average molecular weight is 359 g/mol. The monoisotopic (exact) mass is 359 g/mol. The number of benzene rings is 2. The van der Waals surface area contributed by atoms with Crippen molar-refractivity contribution in [2.24, 2.45) is 5.14 Å². The Morgan fingerprint density at radius 2 is 1.88 bits per heavy atom. The molecule has 25 heavy (non-hydrogen) atoms. The van der Waals surface area contributed by atoms with Crippen LogP contribution < -0.4 is 15.2 Å². The molecule has 2 aromatic rings. The quantitative estimate of drug-likeness (QED) is 0.844. The third kappa shape index (κ3) is 4.79. The standard InChI is InChI=1S/C17H17N3O4S/c1-11-3-6-14(9-16(11)25(19,22)23)20-17(21)12(2)24-15-7-4-13(10-18)5-8-15/h3-9,12H,1-2H3,(H,20,21)(H2,19,22,23)/t12-/m1/s1. The summed E-state index contributed by atoms with van der Waals surface area (Å²) in [6.45, 7) is 3.17. The van der Waals surface area contributed by atoms with E-state index in [4.69, 9.17) is 15.1 Å². The van der Waals surface area contributed by atoms with Gasteiger partial charge in [-0.1, -0.05) is 6.07 Å². The summed E-state index contributed by atoms with van der Waals surface area (Å²) in [5.74, 6) is -0.00985. The normalized spacial score (nSPS) is 12.1. The fourth-order valence-electron chi connectivity index (χ4n) is 2.09. The van der Waals surface area contributed by atoms with Crippen molar-refractivity contribution in [3.63, 3.8) is 0 Å². The summed E-state index contributed by atoms with van der Waals surface area (Å²) in [5, 5.41) is 16.5. The van der Waals surface area contributed by atoms with E-state index < -0.39 is 22.0 Å². The third-order valence-corrected chi connectivity index (χ3v) is 4.48. The molecule has 130 valence electrons. The second kappa shape index (κ2) is 7.34. The Labute approximate surface area is 146 Å². The van der Waals surface area contributed by atoms with Crippen LogP contribution in [0.1, 0.15) is 18.1 Å². The van der Waals surface area contributed by atoms with Crippen molar-refractivity contribution in [1.29, 1.82) is 5.26 Å². The van der Waals surface area contributed by atoms with E-state index in [-0.39, 0.29) is 4.90 Å². The maximum atomic E-state index is 12.2. The van der Waals surface area contributed by atoms with Gasteiger partial charge in [0.1, 0.15) is 5.75 Å². The molecule has 2 rings (SSSR count). The molecule has 0 fully saturated rings. The zero-order valence-electron chi connectivity index (χ0n) is 13.7. The van der Waals surface area contributed by atoms with E-state index in [1.54, 1.807) is 50.2 Å². The van der Waals surface area contributed by atoms with Crippen molar-refractivity contribution in [2.75, 3.05) is 5.32 Å². The number of nitrogens with two attached hydrogens (primary N) is 1. The lowest BCUT2D eigenvalue weighted by atomic mass is 10.2. The fraction of sp³-hybridized carbons (Fsp3) is 0.176. The van der Waals surface area contributed by atoms with Crippen molar-refractivity contribution in [3.05, 3.63) is 53.6 Å². The molecule has 0 aliphatic carbocycles. The molecular formula is C17H17N3O4S. The van der Waals surface area contributed by atoms with Gasteiger partial charge in [0.25, 0.3) is 5.91 Å². The molecule has 3 N–H and O–H groups in total. The highest BCUT2D eigenvalue weighted by Gasteiger charge is 2.17. The summed E-state index contributed by atoms with van der Waals surface area (Å²) in [7, 11) is -3.88. The highest BCUT2D eigenvalue weighted by atomic mass is 32.2. The molecule has 8 heteroatoms. The molecule has 1 atom stereocenters. The zero-order valence-corrected chi connectivity index (χ0v) is 14.5. The summed E-state index contributed by atoms with van der Waals surface area (Å²) in [6.07, 6.45) is -0.827. The number of hydrogen-bond donors (Lipinski definition) is 2. The van der Waals surface area contributed by atoms with E-state index in [1.807, 2.05) is 6.07 Å². The minimum atomic E-state index is -3.88. The van der Waals surface area contributed by atoms with E-state index in [0.717, 1.165) is 0 Å². The molecular weight excluding hydrogens is 342 g/mol. The van der Waals surface area contributed by atoms with Crippen LogP contribution in [0.3, 0.4) is 0 Å². The van der Waals surface area contributed by atoms with Gasteiger partial charge < -0.3 is 10.1 Å². The second-order valence-electron chi connectivity index (χ2n) is 5.41. The van der Waals surface area contributed by atoms with Gasteiger partial charge in [-0.2, -0.15) is 5.26 Å². The first-order valence-corrected chi connectivity index (χ1v) is 8.86. The number of nitrogens with zero attached hydrogens (tertiary/aromatic N) is 1. The predicted octanol–water partition coefficient (Wildman–Crippen LogP) is 1.92. The largest absolute Gasteiger partial charge is 0.481 e. The highest BCUT2D eigenvalue weighted by Crippen LogP contribution is 2.20. The van der Waals surface area contributed by atoms with Crippen LogP contribution in [0.2, 0.25) is 0 Å². The lowest BCUT2D eigenvalue weighted by molar-refractivity contribution is -0.122. The number of carbonyl (C=O) groups is 1. The molecule has 0 bridgehead atoms. The van der Waals surface area contributed by atoms with E-state index in [2.05, 4.69) is 5.32 Å². The SMILES string of the molecule is Cc1ccc(NC(=O)[C@@H](C)Oc2ccc(C#N)cc2)cc1S(N)(=O)=O. The number of nitrogens with one attached hydrogen (secondary N) is 1. The number of nitriles is 1. The minimum Gasteiger partial charge on any atom is -0.481 e. The van der Waals surface area contributed by atoms with E-state index in [0.29, 0.717) is 22.6 Å². The van der Waals surface area contributed by atoms with Crippen LogP contribution in [-0.4, -0.2) is 20.4 Å². The zero-order chi connectivity index (χ0) is 18.6. The number of anilines is 1. The molecule has 0 heterocycles. The number of carbonyl (C=O) groups excluding carboxylic acids is 1. The Hall–Kier alpha value is -2.89. The molecule has 0 spiro atoms. The van der Waals surface area contributed by atoms with Crippen molar-refractivity contribution < 1.29 is 17.9 Å². The Morgan fingerprint density at radius 1 is 1.24 bits per heavy atom. The van der Waals surface area contributed by atoms with Crippen LogP contribution >= 0.6 is 0 Å². The van der Waals surface area contributed by atoms with Crippen molar-refractivity contribution in [3.8, 4) is 11.8 Å². The number of rotatable bonds is 5. The molecule has 0 saturated heterocycles. The first-order valence-electron chi connectivity index (χ1n) is 7.32. The Balaban J connectivity index is 2.09. The summed E-state index contributed by atoms with van der Waals surface area (Å²) < 4.78 is 28.6. The number of amides is 1. The number of hydrogen-bond acceptors (Lipinski definition) is 5. The number of aryl methyl sites for hydroxylation is 1. The van der Waals surface area contributed by atoms with E-state index in [9.17, 15) is 13.2 Å². The summed E-state index contributed by atoms with van der Waals surface area (Å²) in [4.78, 5) is 12.2. The minimum absolute atomic E-state index is 0.0500. The van der Waals surface area contributed by atoms with Crippen molar-refractivity contribution >= 4 is 21.6 Å². The van der Waals surface area contributed by atoms with Gasteiger partial charge in [-0.15, -0.1) is 0 Å². The molecule has 7 nitrogen and oxygen atoms in total. The molecule has 0 radical (unpaired) electrons. The summed E-state index contributed by atoms with van der Waals surface area (Å²) in [5.41, 5.74) is 1.27. The van der Waals surface area contributed by atoms with Gasteiger partial charge in [0.15, 0.2) is 6.10 Å². The van der Waals surface area contributed by atoms with Crippen molar-refractivity contribution in [2.45, 2.75) is 24.8 Å². The topological polar surface area (TPSA) is 122 Å². The van der Waals surface area contributed by atoms with Crippen LogP contribution in [0.25, 0.3) is 0 Å². The summed E-state index contributed by atoms with van der Waals surface area (Å²) in [6, 6.07) is 12.8. The molecule has 0 aliphatic rings. The first-order chi connectivity index (χ1) is 11.7. The van der Waals surface area contributed by atoms with Gasteiger partial charge in [-0.3, -0.25) is 4.79 Å². The molecule has 2 aromatic carbocycles. The van der Waals surface area contributed by atoms with Gasteiger partial charge in [0.2, 0.25) is 10.0 Å². The van der Waals surface area contributed by atoms with Gasteiger partial charge in [0, 0.05) is 5.69 Å². The van der Waals surface area contributed by atoms with Crippen LogP contribution in [0, 0.1) is 18.3 Å². The summed E-state index contributed by atoms with van der Waals surface area (Å²) >= 11 is 0. The first kappa shape index (κ1) is 18.4. The van der Waals surface area contributed by atoms with Crippen molar-refractivity contribution in [1.82, 2.24) is 0 Å². The average Bonchev–Trinajstić information content (AvgIpc) is 2.56. The highest BCUT2D eigenvalue weighted by molar-refractivity contribution is 7.89. The fourth-order valence-corrected chi connectivity index (χ4v) is 2.90. The molecule has 0 saturated carbocycles. The number of ether oxygens (including phenoxy) is 1. The smallest absolute Gasteiger partial charge is 0.265 e. The van der Waals surface area contributed by atoms with Crippen LogP contribution in [0.4, 0.5) is 5.69 Å². The van der Waals surface area contributed by atoms with E-state index in [1.165, 1.54) is 6.07 Å². The molecule has 1 amide bonds. The Bertz CT molecular complexity index is 931. The molecule has 0 aromatic heterocycles. The van der Waals surface area contributed by atoms with Crippen LogP contribution in [0.5, 0.6) is 5.75 Å². The Morgan fingerprint density at radius 3 is 2.44 bits per heavy atom. The van der Waals surface area contributed by atoms with Gasteiger partial charge in [0.05, 0.1) is 16.5 Å². The maximum absolute atomic E-state index is 12.2. The number of primary sulfonamides is 1.